The summed E-state index contributed by atoms with van der Waals surface area (Å²) in [6, 6.07) is 2.23. The highest BCUT2D eigenvalue weighted by molar-refractivity contribution is 7.90. The summed E-state index contributed by atoms with van der Waals surface area (Å²) in [5, 5.41) is 9.83. The van der Waals surface area contributed by atoms with Crippen molar-refractivity contribution in [2.75, 3.05) is 0 Å². The minimum absolute atomic E-state index is 0.263. The summed E-state index contributed by atoms with van der Waals surface area (Å²) in [5.74, 6) is 1.66. The Kier molecular flexibility index (Phi) is 7.25. The fourth-order valence-electron chi connectivity index (χ4n) is 4.45. The van der Waals surface area contributed by atoms with E-state index in [2.05, 4.69) is 10.8 Å². The molecule has 0 unspecified atom stereocenters. The van der Waals surface area contributed by atoms with Crippen molar-refractivity contribution >= 4 is 11.4 Å². The Morgan fingerprint density at radius 3 is 1.74 bits per heavy atom. The number of nitrogens with zero attached hydrogens (tertiary/aromatic N) is 1. The maximum absolute atomic E-state index is 12.6. The highest BCUT2D eigenvalue weighted by atomic mass is 32.2. The standard InChI is InChI=1S/C19H34N2OS/c1-19(2,3)23(22)21-17(14-20)18(15-10-6-4-7-11-15)16-12-8-5-9-13-16/h15-18,21H,4-13H2,1-3H3/t17-,23+/m1/s1. The lowest BCUT2D eigenvalue weighted by molar-refractivity contribution is 0.128. The third-order valence-corrected chi connectivity index (χ3v) is 7.28. The van der Waals surface area contributed by atoms with Gasteiger partial charge in [0.2, 0.25) is 0 Å². The number of hydrogen-bond acceptors (Lipinski definition) is 3. The zero-order valence-electron chi connectivity index (χ0n) is 15.1. The van der Waals surface area contributed by atoms with E-state index >= 15 is 0 Å². The monoisotopic (exact) mass is 338 g/mol. The second-order valence-electron chi connectivity index (χ2n) is 8.48. The van der Waals surface area contributed by atoms with Crippen LogP contribution in [0.1, 0.15) is 85.0 Å². The Bertz CT molecular complexity index is 371. The molecule has 2 aliphatic carbocycles. The highest BCUT2D eigenvalue weighted by Gasteiger charge is 2.40. The van der Waals surface area contributed by atoms with Crippen LogP contribution in [-0.4, -0.2) is 15.3 Å². The van der Waals surface area contributed by atoms with Crippen LogP contribution in [0, 0.1) is 29.1 Å². The first-order valence-corrected chi connectivity index (χ1v) is 10.7. The summed E-state index contributed by atoms with van der Waals surface area (Å²) >= 11 is -1.17. The lowest BCUT2D eigenvalue weighted by Gasteiger charge is -2.40. The molecule has 0 radical (unpaired) electrons. The molecule has 0 heterocycles. The molecule has 2 saturated carbocycles. The maximum Gasteiger partial charge on any atom is 0.142 e. The molecule has 4 heteroatoms. The van der Waals surface area contributed by atoms with Crippen molar-refractivity contribution in [3.05, 3.63) is 0 Å². The largest absolute Gasteiger partial charge is 0.598 e. The van der Waals surface area contributed by atoms with Gasteiger partial charge in [0.25, 0.3) is 0 Å². The minimum atomic E-state index is -1.17. The van der Waals surface area contributed by atoms with E-state index in [0.717, 1.165) is 0 Å². The van der Waals surface area contributed by atoms with Crippen LogP contribution < -0.4 is 4.72 Å². The van der Waals surface area contributed by atoms with Crippen LogP contribution in [0.25, 0.3) is 0 Å². The van der Waals surface area contributed by atoms with Crippen LogP contribution >= 0.6 is 0 Å². The number of hydrogen-bond donors (Lipinski definition) is 1. The topological polar surface area (TPSA) is 58.9 Å². The predicted octanol–water partition coefficient (Wildman–Crippen LogP) is 4.71. The predicted molar refractivity (Wildman–Crippen MR) is 97.1 cm³/mol. The van der Waals surface area contributed by atoms with Crippen molar-refractivity contribution in [1.82, 2.24) is 4.72 Å². The number of nitrogens with one attached hydrogen (secondary N) is 1. The average molecular weight is 339 g/mol. The van der Waals surface area contributed by atoms with Gasteiger partial charge in [0.05, 0.1) is 6.07 Å². The molecule has 3 nitrogen and oxygen atoms in total. The maximum atomic E-state index is 12.6. The fraction of sp³-hybridized carbons (Fsp3) is 0.947. The van der Waals surface area contributed by atoms with E-state index in [4.69, 9.17) is 0 Å². The van der Waals surface area contributed by atoms with E-state index in [0.29, 0.717) is 17.8 Å². The van der Waals surface area contributed by atoms with Gasteiger partial charge < -0.3 is 4.55 Å². The third-order valence-electron chi connectivity index (χ3n) is 5.70. The first-order chi connectivity index (χ1) is 10.9. The van der Waals surface area contributed by atoms with E-state index in [1.54, 1.807) is 0 Å². The average Bonchev–Trinajstić information content (AvgIpc) is 2.55. The molecule has 2 atom stereocenters. The molecule has 0 aromatic heterocycles. The quantitative estimate of drug-likeness (QED) is 0.739. The van der Waals surface area contributed by atoms with Crippen molar-refractivity contribution in [2.24, 2.45) is 17.8 Å². The van der Waals surface area contributed by atoms with Crippen LogP contribution in [0.3, 0.4) is 0 Å². The zero-order valence-corrected chi connectivity index (χ0v) is 16.0. The van der Waals surface area contributed by atoms with Gasteiger partial charge in [-0.3, -0.25) is 0 Å². The number of nitriles is 1. The Hall–Kier alpha value is -0.240. The molecule has 0 amide bonds. The molecule has 0 aromatic carbocycles. The normalized spacial score (nSPS) is 24.3. The second-order valence-corrected chi connectivity index (χ2v) is 10.5. The summed E-state index contributed by atoms with van der Waals surface area (Å²) in [7, 11) is 0. The smallest absolute Gasteiger partial charge is 0.142 e. The van der Waals surface area contributed by atoms with Gasteiger partial charge >= 0.3 is 0 Å². The second kappa shape index (κ2) is 8.74. The van der Waals surface area contributed by atoms with E-state index in [9.17, 15) is 9.81 Å². The zero-order chi connectivity index (χ0) is 16.9. The summed E-state index contributed by atoms with van der Waals surface area (Å²) in [6.07, 6.45) is 12.9. The first-order valence-electron chi connectivity index (χ1n) is 9.51. The summed E-state index contributed by atoms with van der Waals surface area (Å²) in [4.78, 5) is 0. The number of rotatable bonds is 5. The molecule has 0 aliphatic heterocycles. The molecule has 1 N–H and O–H groups in total. The van der Waals surface area contributed by atoms with E-state index < -0.39 is 11.4 Å². The van der Waals surface area contributed by atoms with Gasteiger partial charge in [-0.2, -0.15) is 5.26 Å². The lowest BCUT2D eigenvalue weighted by atomic mass is 9.67. The fourth-order valence-corrected chi connectivity index (χ4v) is 5.24. The van der Waals surface area contributed by atoms with Gasteiger partial charge in [-0.1, -0.05) is 64.2 Å². The van der Waals surface area contributed by atoms with Crippen molar-refractivity contribution in [2.45, 2.75) is 95.8 Å². The molecular formula is C19H34N2OS. The molecule has 0 saturated heterocycles. The van der Waals surface area contributed by atoms with Crippen LogP contribution in [0.15, 0.2) is 0 Å². The molecule has 0 spiro atoms. The van der Waals surface area contributed by atoms with Gasteiger partial charge in [0.15, 0.2) is 0 Å². The molecular weight excluding hydrogens is 304 g/mol. The Balaban J connectivity index is 2.13. The summed E-state index contributed by atoms with van der Waals surface area (Å²) in [5.41, 5.74) is 0. The highest BCUT2D eigenvalue weighted by Crippen LogP contribution is 2.42. The molecule has 23 heavy (non-hydrogen) atoms. The van der Waals surface area contributed by atoms with Crippen LogP contribution in [0.2, 0.25) is 0 Å². The van der Waals surface area contributed by atoms with E-state index in [1.807, 2.05) is 20.8 Å². The minimum Gasteiger partial charge on any atom is -0.598 e. The van der Waals surface area contributed by atoms with Crippen molar-refractivity contribution in [1.29, 1.82) is 5.26 Å². The molecule has 2 rings (SSSR count). The third kappa shape index (κ3) is 5.37. The Morgan fingerprint density at radius 1 is 0.957 bits per heavy atom. The van der Waals surface area contributed by atoms with Gasteiger partial charge in [-0.25, -0.2) is 0 Å². The van der Waals surface area contributed by atoms with Gasteiger partial charge in [-0.05, 0) is 38.5 Å². The molecule has 2 fully saturated rings. The summed E-state index contributed by atoms with van der Waals surface area (Å²) in [6.45, 7) is 5.92. The van der Waals surface area contributed by atoms with E-state index in [1.165, 1.54) is 64.2 Å². The Labute approximate surface area is 145 Å². The van der Waals surface area contributed by atoms with Crippen LogP contribution in [0.4, 0.5) is 0 Å². The van der Waals surface area contributed by atoms with Crippen molar-refractivity contribution in [3.8, 4) is 6.07 Å². The van der Waals surface area contributed by atoms with Gasteiger partial charge in [0.1, 0.15) is 10.8 Å². The lowest BCUT2D eigenvalue weighted by Crippen LogP contribution is -2.50. The van der Waals surface area contributed by atoms with Crippen molar-refractivity contribution < 1.29 is 4.55 Å². The van der Waals surface area contributed by atoms with E-state index in [-0.39, 0.29) is 10.8 Å². The Morgan fingerprint density at radius 2 is 1.39 bits per heavy atom. The molecule has 2 aliphatic rings. The van der Waals surface area contributed by atoms with Crippen LogP contribution in [0.5, 0.6) is 0 Å². The molecule has 0 aromatic rings. The van der Waals surface area contributed by atoms with Gasteiger partial charge in [-0.15, -0.1) is 4.72 Å². The molecule has 132 valence electrons. The summed E-state index contributed by atoms with van der Waals surface area (Å²) < 4.78 is 15.4. The first kappa shape index (κ1) is 19.1. The van der Waals surface area contributed by atoms with Gasteiger partial charge in [0, 0.05) is 11.4 Å². The van der Waals surface area contributed by atoms with Crippen molar-refractivity contribution in [3.63, 3.8) is 0 Å². The van der Waals surface area contributed by atoms with Crippen LogP contribution in [-0.2, 0) is 11.4 Å². The SMILES string of the molecule is CC(C)(C)[S@+]([O-])N[C@H](C#N)C(C1CCCCC1)C1CCCCC1. The molecule has 0 bridgehead atoms.